The van der Waals surface area contributed by atoms with Gasteiger partial charge in [-0.2, -0.15) is 5.26 Å². The molecule has 0 aromatic heterocycles. The average Bonchev–Trinajstić information content (AvgIpc) is 2.49. The largest absolute Gasteiger partial charge is 0.399 e. The molecule has 0 atom stereocenters. The van der Waals surface area contributed by atoms with Crippen LogP contribution in [-0.4, -0.2) is 13.0 Å². The molecular weight excluding hydrogens is 269 g/mol. The van der Waals surface area contributed by atoms with Crippen molar-refractivity contribution in [3.63, 3.8) is 0 Å². The van der Waals surface area contributed by atoms with E-state index in [4.69, 9.17) is 11.0 Å². The lowest BCUT2D eigenvalue weighted by Crippen LogP contribution is -2.27. The number of nitrogens with two attached hydrogens (primary N) is 1. The first-order valence-electron chi connectivity index (χ1n) is 6.28. The molecule has 21 heavy (non-hydrogen) atoms. The number of nitrogens with zero attached hydrogens (tertiary/aromatic N) is 2. The zero-order valence-corrected chi connectivity index (χ0v) is 11.7. The predicted octanol–water partition coefficient (Wildman–Crippen LogP) is 2.86. The number of carbonyl (C=O) groups is 1. The standard InChI is InChI=1S/C16H14FN3O/c1-10-6-12(19)8-14(15(10)17)16(21)20(2)13-5-3-4-11(7-13)9-18/h3-8H,19H2,1-2H3. The summed E-state index contributed by atoms with van der Waals surface area (Å²) < 4.78 is 14.1. The quantitative estimate of drug-likeness (QED) is 0.861. The van der Waals surface area contributed by atoms with Gasteiger partial charge >= 0.3 is 0 Å². The third kappa shape index (κ3) is 2.84. The minimum absolute atomic E-state index is 0.0858. The normalized spacial score (nSPS) is 10.0. The number of anilines is 2. The van der Waals surface area contributed by atoms with Crippen molar-refractivity contribution in [2.75, 3.05) is 17.7 Å². The number of benzene rings is 2. The topological polar surface area (TPSA) is 70.1 Å². The van der Waals surface area contributed by atoms with Crippen molar-refractivity contribution in [2.24, 2.45) is 0 Å². The molecule has 0 fully saturated rings. The van der Waals surface area contributed by atoms with E-state index in [2.05, 4.69) is 0 Å². The zero-order valence-electron chi connectivity index (χ0n) is 11.7. The van der Waals surface area contributed by atoms with Crippen LogP contribution < -0.4 is 10.6 Å². The molecule has 0 aliphatic carbocycles. The molecule has 0 aliphatic heterocycles. The number of amides is 1. The minimum atomic E-state index is -0.586. The molecule has 5 heteroatoms. The van der Waals surface area contributed by atoms with Gasteiger partial charge in [0.25, 0.3) is 5.91 Å². The van der Waals surface area contributed by atoms with E-state index < -0.39 is 11.7 Å². The van der Waals surface area contributed by atoms with E-state index in [-0.39, 0.29) is 5.56 Å². The van der Waals surface area contributed by atoms with Crippen molar-refractivity contribution in [1.82, 2.24) is 0 Å². The highest BCUT2D eigenvalue weighted by Gasteiger charge is 2.19. The van der Waals surface area contributed by atoms with Crippen molar-refractivity contribution < 1.29 is 9.18 Å². The molecule has 2 N–H and O–H groups in total. The number of hydrogen-bond acceptors (Lipinski definition) is 3. The van der Waals surface area contributed by atoms with Crippen LogP contribution in [0.15, 0.2) is 36.4 Å². The molecule has 2 aromatic rings. The molecule has 2 aromatic carbocycles. The third-order valence-electron chi connectivity index (χ3n) is 3.17. The van der Waals surface area contributed by atoms with Crippen LogP contribution >= 0.6 is 0 Å². The molecule has 0 bridgehead atoms. The van der Waals surface area contributed by atoms with Gasteiger partial charge in [0.2, 0.25) is 0 Å². The van der Waals surface area contributed by atoms with Crippen LogP contribution in [0.5, 0.6) is 0 Å². The Balaban J connectivity index is 2.42. The Bertz CT molecular complexity index is 750. The Morgan fingerprint density at radius 3 is 2.71 bits per heavy atom. The number of hydrogen-bond donors (Lipinski definition) is 1. The molecule has 0 spiro atoms. The second-order valence-electron chi connectivity index (χ2n) is 4.73. The maximum Gasteiger partial charge on any atom is 0.261 e. The molecule has 1 amide bonds. The fourth-order valence-electron chi connectivity index (χ4n) is 2.04. The van der Waals surface area contributed by atoms with Gasteiger partial charge in [-0.25, -0.2) is 4.39 Å². The summed E-state index contributed by atoms with van der Waals surface area (Å²) in [6.45, 7) is 1.55. The van der Waals surface area contributed by atoms with Crippen LogP contribution in [0.3, 0.4) is 0 Å². The van der Waals surface area contributed by atoms with E-state index >= 15 is 0 Å². The van der Waals surface area contributed by atoms with Crippen molar-refractivity contribution in [1.29, 1.82) is 5.26 Å². The lowest BCUT2D eigenvalue weighted by molar-refractivity contribution is 0.0989. The van der Waals surface area contributed by atoms with Gasteiger partial charge in [-0.1, -0.05) is 6.07 Å². The van der Waals surface area contributed by atoms with E-state index in [0.717, 1.165) is 0 Å². The summed E-state index contributed by atoms with van der Waals surface area (Å²) in [5.41, 5.74) is 7.17. The molecule has 0 unspecified atom stereocenters. The molecule has 0 radical (unpaired) electrons. The minimum Gasteiger partial charge on any atom is -0.399 e. The maximum absolute atomic E-state index is 14.1. The van der Waals surface area contributed by atoms with E-state index in [1.807, 2.05) is 6.07 Å². The molecule has 4 nitrogen and oxygen atoms in total. The summed E-state index contributed by atoms with van der Waals surface area (Å²) >= 11 is 0. The summed E-state index contributed by atoms with van der Waals surface area (Å²) in [5, 5.41) is 8.89. The van der Waals surface area contributed by atoms with Crippen LogP contribution in [0.4, 0.5) is 15.8 Å². The average molecular weight is 283 g/mol. The SMILES string of the molecule is Cc1cc(N)cc(C(=O)N(C)c2cccc(C#N)c2)c1F. The lowest BCUT2D eigenvalue weighted by atomic mass is 10.1. The number of halogens is 1. The van der Waals surface area contributed by atoms with Crippen molar-refractivity contribution in [2.45, 2.75) is 6.92 Å². The summed E-state index contributed by atoms with van der Waals surface area (Å²) in [6, 6.07) is 11.3. The lowest BCUT2D eigenvalue weighted by Gasteiger charge is -2.18. The Kier molecular flexibility index (Phi) is 3.90. The van der Waals surface area contributed by atoms with Gasteiger partial charge in [0.05, 0.1) is 17.2 Å². The van der Waals surface area contributed by atoms with Crippen molar-refractivity contribution in [3.8, 4) is 6.07 Å². The molecule has 0 saturated heterocycles. The molecule has 2 rings (SSSR count). The van der Waals surface area contributed by atoms with Gasteiger partial charge in [0, 0.05) is 18.4 Å². The third-order valence-corrected chi connectivity index (χ3v) is 3.17. The molecular formula is C16H14FN3O. The number of rotatable bonds is 2. The highest BCUT2D eigenvalue weighted by molar-refractivity contribution is 6.06. The van der Waals surface area contributed by atoms with E-state index in [9.17, 15) is 9.18 Å². The fourth-order valence-corrected chi connectivity index (χ4v) is 2.04. The Hall–Kier alpha value is -2.87. The second kappa shape index (κ2) is 5.63. The summed E-state index contributed by atoms with van der Waals surface area (Å²) in [6.07, 6.45) is 0. The van der Waals surface area contributed by atoms with Gasteiger partial charge in [-0.05, 0) is 42.8 Å². The van der Waals surface area contributed by atoms with Gasteiger partial charge in [-0.3, -0.25) is 4.79 Å². The summed E-state index contributed by atoms with van der Waals surface area (Å²) in [5.74, 6) is -1.10. The first-order chi connectivity index (χ1) is 9.93. The number of nitrogen functional groups attached to an aromatic ring is 1. The van der Waals surface area contributed by atoms with Gasteiger partial charge < -0.3 is 10.6 Å². The van der Waals surface area contributed by atoms with Crippen molar-refractivity contribution >= 4 is 17.3 Å². The molecule has 106 valence electrons. The van der Waals surface area contributed by atoms with Crippen LogP contribution in [0, 0.1) is 24.1 Å². The second-order valence-corrected chi connectivity index (χ2v) is 4.73. The highest BCUT2D eigenvalue weighted by atomic mass is 19.1. The van der Waals surface area contributed by atoms with Crippen LogP contribution in [-0.2, 0) is 0 Å². The van der Waals surface area contributed by atoms with Crippen LogP contribution in [0.25, 0.3) is 0 Å². The van der Waals surface area contributed by atoms with Crippen LogP contribution in [0.1, 0.15) is 21.5 Å². The Morgan fingerprint density at radius 1 is 1.33 bits per heavy atom. The number of carbonyl (C=O) groups excluding carboxylic acids is 1. The first-order valence-corrected chi connectivity index (χ1v) is 6.28. The predicted molar refractivity (Wildman–Crippen MR) is 79.4 cm³/mol. The van der Waals surface area contributed by atoms with Gasteiger partial charge in [-0.15, -0.1) is 0 Å². The maximum atomic E-state index is 14.1. The Morgan fingerprint density at radius 2 is 2.05 bits per heavy atom. The summed E-state index contributed by atoms with van der Waals surface area (Å²) in [7, 11) is 1.52. The first kappa shape index (κ1) is 14.5. The smallest absolute Gasteiger partial charge is 0.261 e. The van der Waals surface area contributed by atoms with Gasteiger partial charge in [0.1, 0.15) is 5.82 Å². The van der Waals surface area contributed by atoms with E-state index in [0.29, 0.717) is 22.5 Å². The Labute approximate surface area is 122 Å². The highest BCUT2D eigenvalue weighted by Crippen LogP contribution is 2.22. The number of nitriles is 1. The molecule has 0 aliphatic rings. The zero-order chi connectivity index (χ0) is 15.6. The molecule has 0 heterocycles. The fraction of sp³-hybridized carbons (Fsp3) is 0.125. The monoisotopic (exact) mass is 283 g/mol. The molecule has 0 saturated carbocycles. The summed E-state index contributed by atoms with van der Waals surface area (Å²) in [4.78, 5) is 13.7. The van der Waals surface area contributed by atoms with Crippen molar-refractivity contribution in [3.05, 3.63) is 58.9 Å². The van der Waals surface area contributed by atoms with Gasteiger partial charge in [0.15, 0.2) is 0 Å². The van der Waals surface area contributed by atoms with E-state index in [1.165, 1.54) is 24.1 Å². The number of aryl methyl sites for hydroxylation is 1. The van der Waals surface area contributed by atoms with Crippen LogP contribution in [0.2, 0.25) is 0 Å². The van der Waals surface area contributed by atoms with E-state index in [1.54, 1.807) is 31.2 Å².